The van der Waals surface area contributed by atoms with Crippen LogP contribution in [0.3, 0.4) is 0 Å². The van der Waals surface area contributed by atoms with E-state index in [-0.39, 0.29) is 6.04 Å². The van der Waals surface area contributed by atoms with E-state index in [1.54, 1.807) is 18.4 Å². The zero-order valence-corrected chi connectivity index (χ0v) is 11.9. The minimum absolute atomic E-state index is 0.170. The molecular weight excluding hydrogens is 268 g/mol. The third-order valence-corrected chi connectivity index (χ3v) is 3.66. The average Bonchev–Trinajstić information content (AvgIpc) is 2.90. The molecule has 0 aliphatic rings. The Hall–Kier alpha value is -1.10. The van der Waals surface area contributed by atoms with Gasteiger partial charge in [-0.1, -0.05) is 11.6 Å². The van der Waals surface area contributed by atoms with Crippen LogP contribution in [-0.4, -0.2) is 19.1 Å². The molecule has 1 N–H and O–H groups in total. The van der Waals surface area contributed by atoms with Crippen molar-refractivity contribution >= 4 is 22.9 Å². The van der Waals surface area contributed by atoms with Gasteiger partial charge >= 0.3 is 0 Å². The molecule has 0 radical (unpaired) electrons. The van der Waals surface area contributed by atoms with E-state index in [2.05, 4.69) is 15.7 Å². The minimum Gasteiger partial charge on any atom is -0.496 e. The van der Waals surface area contributed by atoms with E-state index in [9.17, 15) is 0 Å². The van der Waals surface area contributed by atoms with Crippen LogP contribution in [0, 0.1) is 0 Å². The highest BCUT2D eigenvalue weighted by Crippen LogP contribution is 2.27. The molecule has 0 amide bonds. The molecule has 0 saturated heterocycles. The SMILES string of the molecule is CNC(Cc1cc(Cl)ccc1OC)c1cscn1. The van der Waals surface area contributed by atoms with Crippen LogP contribution < -0.4 is 10.1 Å². The summed E-state index contributed by atoms with van der Waals surface area (Å²) < 4.78 is 5.36. The first-order valence-corrected chi connectivity index (χ1v) is 6.94. The normalized spacial score (nSPS) is 12.4. The zero-order valence-electron chi connectivity index (χ0n) is 10.3. The summed E-state index contributed by atoms with van der Waals surface area (Å²) in [6.45, 7) is 0. The summed E-state index contributed by atoms with van der Waals surface area (Å²) in [5.74, 6) is 0.856. The summed E-state index contributed by atoms with van der Waals surface area (Å²) in [6.07, 6.45) is 0.796. The van der Waals surface area contributed by atoms with Crippen LogP contribution in [0.15, 0.2) is 29.1 Å². The Bertz CT molecular complexity index is 502. The largest absolute Gasteiger partial charge is 0.496 e. The highest BCUT2D eigenvalue weighted by molar-refractivity contribution is 7.07. The van der Waals surface area contributed by atoms with Gasteiger partial charge in [0.1, 0.15) is 5.75 Å². The van der Waals surface area contributed by atoms with E-state index in [1.807, 2.05) is 30.8 Å². The molecule has 1 heterocycles. The van der Waals surface area contributed by atoms with Gasteiger partial charge in [0.2, 0.25) is 0 Å². The molecule has 0 spiro atoms. The minimum atomic E-state index is 0.170. The van der Waals surface area contributed by atoms with Crippen LogP contribution in [0.2, 0.25) is 5.02 Å². The molecule has 2 aromatic rings. The Morgan fingerprint density at radius 2 is 2.33 bits per heavy atom. The number of nitrogens with zero attached hydrogens (tertiary/aromatic N) is 1. The fourth-order valence-corrected chi connectivity index (χ4v) is 2.68. The van der Waals surface area contributed by atoms with Gasteiger partial charge in [-0.05, 0) is 37.2 Å². The van der Waals surface area contributed by atoms with Gasteiger partial charge in [0.25, 0.3) is 0 Å². The van der Waals surface area contributed by atoms with Crippen LogP contribution in [0.5, 0.6) is 5.75 Å². The Morgan fingerprint density at radius 3 is 2.94 bits per heavy atom. The average molecular weight is 283 g/mol. The standard InChI is InChI=1S/C13H15ClN2OS/c1-15-11(12-7-18-8-16-12)6-9-5-10(14)3-4-13(9)17-2/h3-5,7-8,11,15H,6H2,1-2H3. The molecule has 3 nitrogen and oxygen atoms in total. The molecule has 1 aromatic carbocycles. The Kier molecular flexibility index (Phi) is 4.58. The lowest BCUT2D eigenvalue weighted by atomic mass is 10.0. The molecular formula is C13H15ClN2OS. The first-order valence-electron chi connectivity index (χ1n) is 5.62. The Balaban J connectivity index is 2.24. The van der Waals surface area contributed by atoms with Crippen molar-refractivity contribution in [2.45, 2.75) is 12.5 Å². The number of likely N-dealkylation sites (N-methyl/N-ethyl adjacent to an activating group) is 1. The summed E-state index contributed by atoms with van der Waals surface area (Å²) in [5, 5.41) is 6.04. The summed E-state index contributed by atoms with van der Waals surface area (Å²) >= 11 is 7.63. The number of benzene rings is 1. The number of thiazole rings is 1. The van der Waals surface area contributed by atoms with E-state index < -0.39 is 0 Å². The van der Waals surface area contributed by atoms with E-state index in [4.69, 9.17) is 16.3 Å². The van der Waals surface area contributed by atoms with Crippen LogP contribution in [0.25, 0.3) is 0 Å². The lowest BCUT2D eigenvalue weighted by Crippen LogP contribution is -2.19. The molecule has 0 aliphatic carbocycles. The first-order chi connectivity index (χ1) is 8.74. The van der Waals surface area contributed by atoms with Crippen molar-refractivity contribution in [1.29, 1.82) is 0 Å². The molecule has 0 fully saturated rings. The first kappa shape index (κ1) is 13.3. The van der Waals surface area contributed by atoms with Crippen molar-refractivity contribution in [1.82, 2.24) is 10.3 Å². The maximum absolute atomic E-state index is 6.04. The molecule has 18 heavy (non-hydrogen) atoms. The number of hydrogen-bond donors (Lipinski definition) is 1. The number of hydrogen-bond acceptors (Lipinski definition) is 4. The number of aromatic nitrogens is 1. The number of halogens is 1. The monoisotopic (exact) mass is 282 g/mol. The predicted molar refractivity (Wildman–Crippen MR) is 75.6 cm³/mol. The second-order valence-corrected chi connectivity index (χ2v) is 5.07. The molecule has 96 valence electrons. The molecule has 1 atom stereocenters. The molecule has 0 aliphatic heterocycles. The number of nitrogens with one attached hydrogen (secondary N) is 1. The molecule has 5 heteroatoms. The second kappa shape index (κ2) is 6.18. The molecule has 2 rings (SSSR count). The number of methoxy groups -OCH3 is 1. The van der Waals surface area contributed by atoms with Crippen molar-refractivity contribution < 1.29 is 4.74 Å². The number of rotatable bonds is 5. The van der Waals surface area contributed by atoms with Gasteiger partial charge in [-0.25, -0.2) is 4.98 Å². The highest BCUT2D eigenvalue weighted by Gasteiger charge is 2.15. The van der Waals surface area contributed by atoms with E-state index in [0.717, 1.165) is 28.5 Å². The zero-order chi connectivity index (χ0) is 13.0. The van der Waals surface area contributed by atoms with Gasteiger partial charge in [0.15, 0.2) is 0 Å². The van der Waals surface area contributed by atoms with Crippen LogP contribution in [0.4, 0.5) is 0 Å². The Morgan fingerprint density at radius 1 is 1.50 bits per heavy atom. The van der Waals surface area contributed by atoms with E-state index in [1.165, 1.54) is 0 Å². The van der Waals surface area contributed by atoms with Gasteiger partial charge in [-0.15, -0.1) is 11.3 Å². The van der Waals surface area contributed by atoms with Crippen molar-refractivity contribution in [2.24, 2.45) is 0 Å². The molecule has 0 saturated carbocycles. The topological polar surface area (TPSA) is 34.1 Å². The van der Waals surface area contributed by atoms with Gasteiger partial charge in [-0.2, -0.15) is 0 Å². The lowest BCUT2D eigenvalue weighted by molar-refractivity contribution is 0.406. The van der Waals surface area contributed by atoms with E-state index in [0.29, 0.717) is 0 Å². The van der Waals surface area contributed by atoms with Crippen molar-refractivity contribution in [3.05, 3.63) is 45.4 Å². The fourth-order valence-electron chi connectivity index (χ4n) is 1.88. The summed E-state index contributed by atoms with van der Waals surface area (Å²) in [6, 6.07) is 5.84. The number of ether oxygens (including phenoxy) is 1. The van der Waals surface area contributed by atoms with Gasteiger partial charge < -0.3 is 10.1 Å². The van der Waals surface area contributed by atoms with Crippen molar-refractivity contribution in [3.8, 4) is 5.75 Å². The van der Waals surface area contributed by atoms with Crippen LogP contribution >= 0.6 is 22.9 Å². The Labute approximate surface area is 116 Å². The summed E-state index contributed by atoms with van der Waals surface area (Å²) in [5.41, 5.74) is 3.97. The van der Waals surface area contributed by atoms with Crippen molar-refractivity contribution in [3.63, 3.8) is 0 Å². The third kappa shape index (κ3) is 3.02. The quantitative estimate of drug-likeness (QED) is 0.914. The lowest BCUT2D eigenvalue weighted by Gasteiger charge is -2.16. The van der Waals surface area contributed by atoms with Gasteiger partial charge in [0.05, 0.1) is 24.4 Å². The molecule has 1 aromatic heterocycles. The van der Waals surface area contributed by atoms with Gasteiger partial charge in [-0.3, -0.25) is 0 Å². The van der Waals surface area contributed by atoms with Crippen molar-refractivity contribution in [2.75, 3.05) is 14.2 Å². The fraction of sp³-hybridized carbons (Fsp3) is 0.308. The van der Waals surface area contributed by atoms with Crippen LogP contribution in [-0.2, 0) is 6.42 Å². The summed E-state index contributed by atoms with van der Waals surface area (Å²) in [4.78, 5) is 4.34. The second-order valence-electron chi connectivity index (χ2n) is 3.91. The van der Waals surface area contributed by atoms with Gasteiger partial charge in [0, 0.05) is 10.4 Å². The van der Waals surface area contributed by atoms with Crippen LogP contribution in [0.1, 0.15) is 17.3 Å². The highest BCUT2D eigenvalue weighted by atomic mass is 35.5. The molecule has 1 unspecified atom stereocenters. The molecule has 0 bridgehead atoms. The predicted octanol–water partition coefficient (Wildman–Crippen LogP) is 3.31. The van der Waals surface area contributed by atoms with E-state index >= 15 is 0 Å². The smallest absolute Gasteiger partial charge is 0.122 e. The third-order valence-electron chi connectivity index (χ3n) is 2.82. The summed E-state index contributed by atoms with van der Waals surface area (Å²) in [7, 11) is 3.60. The maximum atomic E-state index is 6.04. The maximum Gasteiger partial charge on any atom is 0.122 e.